The summed E-state index contributed by atoms with van der Waals surface area (Å²) in [6.07, 6.45) is 0. The van der Waals surface area contributed by atoms with Gasteiger partial charge in [-0.15, -0.1) is 10.2 Å². The second kappa shape index (κ2) is 4.69. The van der Waals surface area contributed by atoms with Crippen molar-refractivity contribution < 1.29 is 9.50 Å². The van der Waals surface area contributed by atoms with Crippen LogP contribution in [0.15, 0.2) is 32.9 Å². The lowest BCUT2D eigenvalue weighted by Gasteiger charge is -2.05. The minimum atomic E-state index is -0.346. The van der Waals surface area contributed by atoms with Crippen LogP contribution in [0.3, 0.4) is 0 Å². The van der Waals surface area contributed by atoms with Gasteiger partial charge in [-0.2, -0.15) is 0 Å². The molecule has 0 saturated carbocycles. The third kappa shape index (κ3) is 2.34. The van der Waals surface area contributed by atoms with Crippen LogP contribution in [0.25, 0.3) is 0 Å². The van der Waals surface area contributed by atoms with Crippen molar-refractivity contribution in [2.24, 2.45) is 0 Å². The molecule has 0 aliphatic carbocycles. The second-order valence-corrected chi connectivity index (χ2v) is 4.78. The van der Waals surface area contributed by atoms with E-state index < -0.39 is 0 Å². The second-order valence-electron chi connectivity index (χ2n) is 2.69. The highest BCUT2D eigenvalue weighted by atomic mass is 32.2. The molecule has 1 heterocycles. The maximum absolute atomic E-state index is 13.5. The van der Waals surface area contributed by atoms with Crippen molar-refractivity contribution in [3.63, 3.8) is 0 Å². The molecule has 3 nitrogen and oxygen atoms in total. The predicted molar refractivity (Wildman–Crippen MR) is 56.4 cm³/mol. The summed E-state index contributed by atoms with van der Waals surface area (Å²) < 4.78 is 14.1. The van der Waals surface area contributed by atoms with Crippen molar-refractivity contribution >= 4 is 23.1 Å². The van der Waals surface area contributed by atoms with Gasteiger partial charge in [0.05, 0.1) is 11.5 Å². The van der Waals surface area contributed by atoms with Gasteiger partial charge < -0.3 is 5.11 Å². The maximum atomic E-state index is 13.5. The van der Waals surface area contributed by atoms with Crippen LogP contribution in [0.4, 0.5) is 4.39 Å². The third-order valence-electron chi connectivity index (χ3n) is 1.75. The molecule has 0 saturated heterocycles. The molecule has 15 heavy (non-hydrogen) atoms. The number of halogens is 1. The van der Waals surface area contributed by atoms with Gasteiger partial charge in [0, 0.05) is 0 Å². The topological polar surface area (TPSA) is 46.0 Å². The van der Waals surface area contributed by atoms with E-state index in [-0.39, 0.29) is 12.4 Å². The van der Waals surface area contributed by atoms with Crippen molar-refractivity contribution in [3.8, 4) is 0 Å². The number of nitrogens with zero attached hydrogens (tertiary/aromatic N) is 2. The molecule has 0 bridgehead atoms. The van der Waals surface area contributed by atoms with E-state index in [2.05, 4.69) is 10.2 Å². The molecule has 78 valence electrons. The first-order valence-corrected chi connectivity index (χ1v) is 5.83. The molecule has 0 atom stereocenters. The van der Waals surface area contributed by atoms with Gasteiger partial charge in [-0.1, -0.05) is 35.2 Å². The molecule has 0 unspecified atom stereocenters. The normalized spacial score (nSPS) is 10.5. The van der Waals surface area contributed by atoms with Crippen molar-refractivity contribution in [2.75, 3.05) is 0 Å². The minimum absolute atomic E-state index is 0.182. The minimum Gasteiger partial charge on any atom is -0.392 e. The Bertz CT molecular complexity index is 447. The zero-order valence-electron chi connectivity index (χ0n) is 7.55. The summed E-state index contributed by atoms with van der Waals surface area (Å²) in [6.45, 7) is -0.182. The van der Waals surface area contributed by atoms with Crippen LogP contribution in [0.1, 0.15) is 5.56 Å². The molecule has 0 amide bonds. The van der Waals surface area contributed by atoms with Gasteiger partial charge in [-0.25, -0.2) is 4.39 Å². The Morgan fingerprint density at radius 1 is 1.47 bits per heavy atom. The predicted octanol–water partition coefficient (Wildman–Crippen LogP) is 2.32. The first-order valence-electron chi connectivity index (χ1n) is 4.13. The molecule has 1 N–H and O–H groups in total. The van der Waals surface area contributed by atoms with Crippen LogP contribution < -0.4 is 0 Å². The Labute approximate surface area is 94.0 Å². The molecule has 0 radical (unpaired) electrons. The van der Waals surface area contributed by atoms with Gasteiger partial charge in [0.15, 0.2) is 4.34 Å². The van der Waals surface area contributed by atoms with E-state index in [1.54, 1.807) is 17.6 Å². The monoisotopic (exact) mass is 242 g/mol. The van der Waals surface area contributed by atoms with E-state index in [0.29, 0.717) is 14.8 Å². The summed E-state index contributed by atoms with van der Waals surface area (Å²) in [7, 11) is 0. The van der Waals surface area contributed by atoms with Crippen molar-refractivity contribution in [1.82, 2.24) is 10.2 Å². The van der Waals surface area contributed by atoms with E-state index in [1.807, 2.05) is 0 Å². The Morgan fingerprint density at radius 2 is 2.33 bits per heavy atom. The lowest BCUT2D eigenvalue weighted by molar-refractivity contribution is 0.277. The fraction of sp³-hybridized carbons (Fsp3) is 0.111. The van der Waals surface area contributed by atoms with E-state index in [1.165, 1.54) is 29.2 Å². The SMILES string of the molecule is OCc1cccc(F)c1Sc1nncs1. The fourth-order valence-electron chi connectivity index (χ4n) is 1.09. The summed E-state index contributed by atoms with van der Waals surface area (Å²) in [6, 6.07) is 4.63. The molecule has 1 aromatic heterocycles. The van der Waals surface area contributed by atoms with Gasteiger partial charge in [-0.3, -0.25) is 0 Å². The fourth-order valence-corrected chi connectivity index (χ4v) is 2.63. The lowest BCUT2D eigenvalue weighted by Crippen LogP contribution is -1.91. The van der Waals surface area contributed by atoms with Gasteiger partial charge >= 0.3 is 0 Å². The number of rotatable bonds is 3. The number of aliphatic hydroxyl groups is 1. The average molecular weight is 242 g/mol. The summed E-state index contributed by atoms with van der Waals surface area (Å²) >= 11 is 2.52. The Morgan fingerprint density at radius 3 is 3.00 bits per heavy atom. The largest absolute Gasteiger partial charge is 0.392 e. The van der Waals surface area contributed by atoms with Gasteiger partial charge in [0.1, 0.15) is 11.3 Å². The molecule has 0 spiro atoms. The van der Waals surface area contributed by atoms with Crippen LogP contribution in [-0.4, -0.2) is 15.3 Å². The zero-order valence-corrected chi connectivity index (χ0v) is 9.19. The highest BCUT2D eigenvalue weighted by Crippen LogP contribution is 2.33. The van der Waals surface area contributed by atoms with Crippen molar-refractivity contribution in [1.29, 1.82) is 0 Å². The van der Waals surface area contributed by atoms with Crippen LogP contribution in [0.5, 0.6) is 0 Å². The van der Waals surface area contributed by atoms with Crippen LogP contribution >= 0.6 is 23.1 Å². The molecule has 2 aromatic rings. The molecule has 2 rings (SSSR count). The molecule has 0 aliphatic heterocycles. The zero-order chi connectivity index (χ0) is 10.7. The highest BCUT2D eigenvalue weighted by molar-refractivity contribution is 8.01. The summed E-state index contributed by atoms with van der Waals surface area (Å²) in [5, 5.41) is 16.5. The third-order valence-corrected chi connectivity index (χ3v) is 3.69. The molecule has 1 aromatic carbocycles. The maximum Gasteiger partial charge on any atom is 0.178 e. The Balaban J connectivity index is 2.34. The Kier molecular flexibility index (Phi) is 3.30. The van der Waals surface area contributed by atoms with Crippen LogP contribution in [-0.2, 0) is 6.61 Å². The molecular formula is C9H7FN2OS2. The molecule has 0 fully saturated rings. The average Bonchev–Trinajstić information content (AvgIpc) is 2.74. The first-order chi connectivity index (χ1) is 7.31. The van der Waals surface area contributed by atoms with Crippen LogP contribution in [0.2, 0.25) is 0 Å². The first kappa shape index (κ1) is 10.5. The van der Waals surface area contributed by atoms with Gasteiger partial charge in [0.25, 0.3) is 0 Å². The van der Waals surface area contributed by atoms with Crippen molar-refractivity contribution in [3.05, 3.63) is 35.1 Å². The smallest absolute Gasteiger partial charge is 0.178 e. The standard InChI is InChI=1S/C9H7FN2OS2/c10-7-3-1-2-6(4-13)8(7)15-9-12-11-5-14-9/h1-3,5,13H,4H2. The number of aliphatic hydroxyl groups excluding tert-OH is 1. The molecule has 0 aliphatic rings. The summed E-state index contributed by atoms with van der Waals surface area (Å²) in [4.78, 5) is 0.414. The molecular weight excluding hydrogens is 235 g/mol. The van der Waals surface area contributed by atoms with E-state index in [4.69, 9.17) is 5.11 Å². The summed E-state index contributed by atoms with van der Waals surface area (Å²) in [5.41, 5.74) is 2.15. The van der Waals surface area contributed by atoms with E-state index >= 15 is 0 Å². The Hall–Kier alpha value is -0.980. The number of hydrogen-bond donors (Lipinski definition) is 1. The molecule has 6 heteroatoms. The summed E-state index contributed by atoms with van der Waals surface area (Å²) in [5.74, 6) is -0.346. The quantitative estimate of drug-likeness (QED) is 0.897. The number of benzene rings is 1. The van der Waals surface area contributed by atoms with E-state index in [0.717, 1.165) is 0 Å². The van der Waals surface area contributed by atoms with E-state index in [9.17, 15) is 4.39 Å². The highest BCUT2D eigenvalue weighted by Gasteiger charge is 2.10. The lowest BCUT2D eigenvalue weighted by atomic mass is 10.2. The van der Waals surface area contributed by atoms with Gasteiger partial charge in [0.2, 0.25) is 0 Å². The van der Waals surface area contributed by atoms with Gasteiger partial charge in [-0.05, 0) is 11.6 Å². The number of hydrogen-bond acceptors (Lipinski definition) is 5. The van der Waals surface area contributed by atoms with Crippen molar-refractivity contribution in [2.45, 2.75) is 15.8 Å². The number of aromatic nitrogens is 2. The van der Waals surface area contributed by atoms with Crippen LogP contribution in [0, 0.1) is 5.82 Å².